The average molecular weight is 486 g/mol. The highest BCUT2D eigenvalue weighted by Gasteiger charge is 2.29. The van der Waals surface area contributed by atoms with Gasteiger partial charge < -0.3 is 19.2 Å². The van der Waals surface area contributed by atoms with Crippen LogP contribution in [0.15, 0.2) is 57.7 Å². The normalized spacial score (nSPS) is 12.7. The highest BCUT2D eigenvalue weighted by Crippen LogP contribution is 2.32. The van der Waals surface area contributed by atoms with E-state index in [1.54, 1.807) is 6.07 Å². The summed E-state index contributed by atoms with van der Waals surface area (Å²) in [6.07, 6.45) is 1.41. The van der Waals surface area contributed by atoms with E-state index in [1.165, 1.54) is 12.1 Å². The molecule has 0 fully saturated rings. The number of nitrogens with one attached hydrogen (secondary N) is 1. The Balaban J connectivity index is 1.77. The van der Waals surface area contributed by atoms with Crippen LogP contribution in [-0.2, 0) is 22.6 Å². The van der Waals surface area contributed by atoms with Gasteiger partial charge in [0.2, 0.25) is 0 Å². The number of alkyl carbamates (subject to hydrolysis) is 1. The standard InChI is InChI=1S/C26H28ClNO6/c1-4-9-18-12-23(29)33-21-14-22(20(27)13-19(18)21)34-25(30)24(16(3)5-2)28-26(31)32-15-17-10-7-6-8-11-17/h6-8,10-14,16,24H,4-5,9,15H2,1-3H3,(H,28,31)/t16-,24+/m0/s1. The van der Waals surface area contributed by atoms with Crippen molar-refractivity contribution in [3.8, 4) is 5.75 Å². The molecule has 34 heavy (non-hydrogen) atoms. The number of aryl methyl sites for hydroxylation is 1. The summed E-state index contributed by atoms with van der Waals surface area (Å²) >= 11 is 6.39. The van der Waals surface area contributed by atoms with Crippen LogP contribution in [-0.4, -0.2) is 18.1 Å². The van der Waals surface area contributed by atoms with E-state index in [9.17, 15) is 14.4 Å². The first-order chi connectivity index (χ1) is 16.3. The summed E-state index contributed by atoms with van der Waals surface area (Å²) in [6.45, 7) is 5.80. The van der Waals surface area contributed by atoms with Gasteiger partial charge in [0.15, 0.2) is 5.75 Å². The molecule has 7 nitrogen and oxygen atoms in total. The third kappa shape index (κ3) is 6.38. The Morgan fingerprint density at radius 1 is 1.12 bits per heavy atom. The summed E-state index contributed by atoms with van der Waals surface area (Å²) in [6, 6.07) is 12.7. The molecule has 2 aromatic carbocycles. The van der Waals surface area contributed by atoms with Crippen molar-refractivity contribution in [3.05, 3.63) is 75.1 Å². The Bertz CT molecular complexity index is 1210. The molecule has 0 spiro atoms. The van der Waals surface area contributed by atoms with Crippen LogP contribution in [0.1, 0.15) is 44.7 Å². The molecule has 0 aliphatic rings. The van der Waals surface area contributed by atoms with Crippen LogP contribution in [0.4, 0.5) is 4.79 Å². The lowest BCUT2D eigenvalue weighted by molar-refractivity contribution is -0.138. The van der Waals surface area contributed by atoms with Gasteiger partial charge in [-0.2, -0.15) is 0 Å². The molecule has 1 aromatic heterocycles. The second-order valence-electron chi connectivity index (χ2n) is 8.11. The lowest BCUT2D eigenvalue weighted by atomic mass is 9.99. The maximum absolute atomic E-state index is 13.0. The molecule has 1 heterocycles. The Labute approximate surface area is 203 Å². The number of ether oxygens (including phenoxy) is 2. The first-order valence-corrected chi connectivity index (χ1v) is 11.6. The summed E-state index contributed by atoms with van der Waals surface area (Å²) < 4.78 is 16.1. The number of esters is 1. The molecule has 0 saturated heterocycles. The molecule has 0 aliphatic carbocycles. The lowest BCUT2D eigenvalue weighted by Gasteiger charge is -2.22. The van der Waals surface area contributed by atoms with Gasteiger partial charge in [0.05, 0.1) is 5.02 Å². The van der Waals surface area contributed by atoms with Crippen LogP contribution >= 0.6 is 11.6 Å². The zero-order chi connectivity index (χ0) is 24.7. The van der Waals surface area contributed by atoms with Gasteiger partial charge in [0.25, 0.3) is 0 Å². The molecule has 1 amide bonds. The van der Waals surface area contributed by atoms with Crippen LogP contribution in [0.5, 0.6) is 5.75 Å². The SMILES string of the molecule is CCCc1cc(=O)oc2cc(OC(=O)[C@H](NC(=O)OCc3ccccc3)[C@@H](C)CC)c(Cl)cc12. The van der Waals surface area contributed by atoms with Gasteiger partial charge in [-0.05, 0) is 29.5 Å². The Morgan fingerprint density at radius 3 is 2.53 bits per heavy atom. The summed E-state index contributed by atoms with van der Waals surface area (Å²) in [5.41, 5.74) is 1.43. The van der Waals surface area contributed by atoms with Crippen molar-refractivity contribution in [1.29, 1.82) is 0 Å². The predicted molar refractivity (Wildman–Crippen MR) is 130 cm³/mol. The van der Waals surface area contributed by atoms with E-state index >= 15 is 0 Å². The lowest BCUT2D eigenvalue weighted by Crippen LogP contribution is -2.47. The minimum Gasteiger partial charge on any atom is -0.445 e. The summed E-state index contributed by atoms with van der Waals surface area (Å²) in [5, 5.41) is 3.48. The van der Waals surface area contributed by atoms with E-state index in [4.69, 9.17) is 25.5 Å². The van der Waals surface area contributed by atoms with Crippen molar-refractivity contribution in [3.63, 3.8) is 0 Å². The molecular weight excluding hydrogens is 458 g/mol. The van der Waals surface area contributed by atoms with E-state index in [-0.39, 0.29) is 28.9 Å². The summed E-state index contributed by atoms with van der Waals surface area (Å²) in [4.78, 5) is 37.3. The van der Waals surface area contributed by atoms with E-state index < -0.39 is 23.7 Å². The first-order valence-electron chi connectivity index (χ1n) is 11.3. The van der Waals surface area contributed by atoms with E-state index in [0.29, 0.717) is 18.2 Å². The monoisotopic (exact) mass is 485 g/mol. The van der Waals surface area contributed by atoms with Crippen LogP contribution in [0.2, 0.25) is 5.02 Å². The molecule has 0 bridgehead atoms. The summed E-state index contributed by atoms with van der Waals surface area (Å²) in [7, 11) is 0. The fraction of sp³-hybridized carbons (Fsp3) is 0.346. The maximum atomic E-state index is 13.0. The van der Waals surface area contributed by atoms with E-state index in [1.807, 2.05) is 51.1 Å². The average Bonchev–Trinajstić information content (AvgIpc) is 2.82. The Kier molecular flexibility index (Phi) is 8.71. The molecule has 0 aliphatic heterocycles. The van der Waals surface area contributed by atoms with Crippen molar-refractivity contribution >= 4 is 34.6 Å². The van der Waals surface area contributed by atoms with Gasteiger partial charge >= 0.3 is 17.7 Å². The Hall–Kier alpha value is -3.32. The molecule has 8 heteroatoms. The molecule has 0 unspecified atom stereocenters. The number of carbonyl (C=O) groups excluding carboxylic acids is 2. The topological polar surface area (TPSA) is 94.8 Å². The third-order valence-corrected chi connectivity index (χ3v) is 5.86. The van der Waals surface area contributed by atoms with Crippen molar-refractivity contribution in [2.45, 2.75) is 52.7 Å². The first kappa shape index (κ1) is 25.3. The highest BCUT2D eigenvalue weighted by atomic mass is 35.5. The number of halogens is 1. The number of hydrogen-bond donors (Lipinski definition) is 1. The fourth-order valence-corrected chi connectivity index (χ4v) is 3.72. The maximum Gasteiger partial charge on any atom is 0.408 e. The van der Waals surface area contributed by atoms with Crippen LogP contribution < -0.4 is 15.7 Å². The number of hydrogen-bond acceptors (Lipinski definition) is 6. The molecule has 0 radical (unpaired) electrons. The van der Waals surface area contributed by atoms with E-state index in [2.05, 4.69) is 5.32 Å². The van der Waals surface area contributed by atoms with Gasteiger partial charge in [-0.1, -0.05) is 75.5 Å². The van der Waals surface area contributed by atoms with Crippen molar-refractivity contribution < 1.29 is 23.5 Å². The van der Waals surface area contributed by atoms with Crippen LogP contribution in [0, 0.1) is 5.92 Å². The smallest absolute Gasteiger partial charge is 0.408 e. The number of amides is 1. The largest absolute Gasteiger partial charge is 0.445 e. The Morgan fingerprint density at radius 2 is 1.85 bits per heavy atom. The molecular formula is C26H28ClNO6. The molecule has 0 saturated carbocycles. The summed E-state index contributed by atoms with van der Waals surface area (Å²) in [5.74, 6) is -0.881. The van der Waals surface area contributed by atoms with Crippen molar-refractivity contribution in [1.82, 2.24) is 5.32 Å². The minimum atomic E-state index is -0.960. The minimum absolute atomic E-state index is 0.0451. The fourth-order valence-electron chi connectivity index (χ4n) is 3.52. The molecule has 180 valence electrons. The number of benzene rings is 2. The highest BCUT2D eigenvalue weighted by molar-refractivity contribution is 6.33. The number of rotatable bonds is 9. The molecule has 2 atom stereocenters. The van der Waals surface area contributed by atoms with Crippen LogP contribution in [0.3, 0.4) is 0 Å². The molecule has 3 rings (SSSR count). The zero-order valence-corrected chi connectivity index (χ0v) is 20.2. The number of fused-ring (bicyclic) bond motifs is 1. The van der Waals surface area contributed by atoms with E-state index in [0.717, 1.165) is 17.5 Å². The van der Waals surface area contributed by atoms with Gasteiger partial charge in [-0.3, -0.25) is 0 Å². The van der Waals surface area contributed by atoms with Gasteiger partial charge in [-0.25, -0.2) is 14.4 Å². The van der Waals surface area contributed by atoms with Crippen LogP contribution in [0.25, 0.3) is 11.0 Å². The second kappa shape index (κ2) is 11.7. The number of carbonyl (C=O) groups is 2. The molecule has 1 N–H and O–H groups in total. The second-order valence-corrected chi connectivity index (χ2v) is 8.52. The molecule has 3 aromatic rings. The predicted octanol–water partition coefficient (Wildman–Crippen LogP) is 5.65. The zero-order valence-electron chi connectivity index (χ0n) is 19.4. The van der Waals surface area contributed by atoms with Crippen molar-refractivity contribution in [2.75, 3.05) is 0 Å². The third-order valence-electron chi connectivity index (χ3n) is 5.57. The van der Waals surface area contributed by atoms with Gasteiger partial charge in [-0.15, -0.1) is 0 Å². The van der Waals surface area contributed by atoms with Gasteiger partial charge in [0, 0.05) is 17.5 Å². The quantitative estimate of drug-likeness (QED) is 0.239. The van der Waals surface area contributed by atoms with Gasteiger partial charge in [0.1, 0.15) is 18.2 Å². The van der Waals surface area contributed by atoms with Crippen molar-refractivity contribution in [2.24, 2.45) is 5.92 Å².